The highest BCUT2D eigenvalue weighted by molar-refractivity contribution is 9.09. The van der Waals surface area contributed by atoms with Gasteiger partial charge in [-0.3, -0.25) is 4.79 Å². The molecule has 18 heavy (non-hydrogen) atoms. The molecule has 0 aliphatic rings. The summed E-state index contributed by atoms with van der Waals surface area (Å²) in [6, 6.07) is 4.06. The summed E-state index contributed by atoms with van der Waals surface area (Å²) in [5.41, 5.74) is -0.0168. The van der Waals surface area contributed by atoms with E-state index in [-0.39, 0.29) is 22.0 Å². The molecule has 0 aliphatic carbocycles. The molecule has 2 nitrogen and oxygen atoms in total. The number of rotatable bonds is 5. The number of amides is 1. The number of halogens is 3. The second-order valence-electron chi connectivity index (χ2n) is 4.20. The lowest BCUT2D eigenvalue weighted by Gasteiger charge is -2.30. The standard InChI is InChI=1S/C13H16BrClFNO/c1-3-13(4-2,8-14)17-12(18)9-5-6-10(15)11(16)7-9/h5-7H,3-4,8H2,1-2H3,(H,17,18). The molecule has 1 amide bonds. The molecule has 1 N–H and O–H groups in total. The van der Waals surface area contributed by atoms with Gasteiger partial charge in [-0.2, -0.15) is 0 Å². The number of carbonyl (C=O) groups is 1. The summed E-state index contributed by atoms with van der Waals surface area (Å²) in [7, 11) is 0. The molecular weight excluding hydrogens is 321 g/mol. The van der Waals surface area contributed by atoms with E-state index >= 15 is 0 Å². The molecular formula is C13H16BrClFNO. The third-order valence-electron chi connectivity index (χ3n) is 3.17. The van der Waals surface area contributed by atoms with Crippen LogP contribution in [0.1, 0.15) is 37.0 Å². The average molecular weight is 337 g/mol. The molecule has 0 unspecified atom stereocenters. The fourth-order valence-electron chi connectivity index (χ4n) is 1.60. The largest absolute Gasteiger partial charge is 0.346 e. The Bertz CT molecular complexity index is 427. The molecule has 0 aliphatic heterocycles. The molecule has 0 spiro atoms. The molecule has 1 aromatic carbocycles. The van der Waals surface area contributed by atoms with Crippen LogP contribution in [0, 0.1) is 5.82 Å². The molecule has 0 saturated heterocycles. The van der Waals surface area contributed by atoms with Gasteiger partial charge in [0.25, 0.3) is 5.91 Å². The van der Waals surface area contributed by atoms with Crippen LogP contribution in [0.15, 0.2) is 18.2 Å². The van der Waals surface area contributed by atoms with Crippen molar-refractivity contribution in [2.45, 2.75) is 32.2 Å². The molecule has 0 saturated carbocycles. The van der Waals surface area contributed by atoms with Crippen LogP contribution in [0.5, 0.6) is 0 Å². The Morgan fingerprint density at radius 1 is 1.44 bits per heavy atom. The van der Waals surface area contributed by atoms with Gasteiger partial charge < -0.3 is 5.32 Å². The van der Waals surface area contributed by atoms with Crippen LogP contribution in [0.2, 0.25) is 5.02 Å². The van der Waals surface area contributed by atoms with Crippen LogP contribution in [-0.4, -0.2) is 16.8 Å². The number of nitrogens with one attached hydrogen (secondary N) is 1. The Kier molecular flexibility index (Phi) is 5.60. The molecule has 0 atom stereocenters. The van der Waals surface area contributed by atoms with E-state index in [1.165, 1.54) is 12.1 Å². The molecule has 5 heteroatoms. The molecule has 1 rings (SSSR count). The molecule has 0 radical (unpaired) electrons. The SMILES string of the molecule is CCC(CC)(CBr)NC(=O)c1ccc(Cl)c(F)c1. The molecule has 0 heterocycles. The zero-order valence-corrected chi connectivity index (χ0v) is 12.7. The minimum absolute atomic E-state index is 0.0179. The van der Waals surface area contributed by atoms with Crippen LogP contribution < -0.4 is 5.32 Å². The number of hydrogen-bond donors (Lipinski definition) is 1. The van der Waals surface area contributed by atoms with E-state index in [1.807, 2.05) is 13.8 Å². The van der Waals surface area contributed by atoms with E-state index in [2.05, 4.69) is 21.2 Å². The van der Waals surface area contributed by atoms with E-state index < -0.39 is 5.82 Å². The average Bonchev–Trinajstić information content (AvgIpc) is 2.39. The Morgan fingerprint density at radius 2 is 2.06 bits per heavy atom. The first-order valence-corrected chi connectivity index (χ1v) is 7.31. The van der Waals surface area contributed by atoms with Gasteiger partial charge in [0.1, 0.15) is 5.82 Å². The third kappa shape index (κ3) is 3.45. The summed E-state index contributed by atoms with van der Waals surface area (Å²) in [4.78, 5) is 12.1. The van der Waals surface area contributed by atoms with Crippen LogP contribution in [0.25, 0.3) is 0 Å². The minimum atomic E-state index is -0.582. The summed E-state index contributed by atoms with van der Waals surface area (Å²) in [6.07, 6.45) is 1.60. The summed E-state index contributed by atoms with van der Waals surface area (Å²) >= 11 is 9.00. The number of carbonyl (C=O) groups excluding carboxylic acids is 1. The monoisotopic (exact) mass is 335 g/mol. The van der Waals surface area contributed by atoms with Crippen molar-refractivity contribution in [3.05, 3.63) is 34.6 Å². The van der Waals surface area contributed by atoms with Crippen molar-refractivity contribution in [3.8, 4) is 0 Å². The first-order chi connectivity index (χ1) is 8.48. The highest BCUT2D eigenvalue weighted by atomic mass is 79.9. The van der Waals surface area contributed by atoms with Crippen LogP contribution in [0.3, 0.4) is 0 Å². The van der Waals surface area contributed by atoms with Gasteiger partial charge in [-0.25, -0.2) is 4.39 Å². The Morgan fingerprint density at radius 3 is 2.50 bits per heavy atom. The minimum Gasteiger partial charge on any atom is -0.346 e. The molecule has 0 aromatic heterocycles. The van der Waals surface area contributed by atoms with Crippen LogP contribution >= 0.6 is 27.5 Å². The molecule has 100 valence electrons. The van der Waals surface area contributed by atoms with Crippen molar-refractivity contribution in [2.75, 3.05) is 5.33 Å². The van der Waals surface area contributed by atoms with E-state index in [9.17, 15) is 9.18 Å². The van der Waals surface area contributed by atoms with E-state index in [1.54, 1.807) is 0 Å². The number of alkyl halides is 1. The lowest BCUT2D eigenvalue weighted by Crippen LogP contribution is -2.49. The second-order valence-corrected chi connectivity index (χ2v) is 5.17. The third-order valence-corrected chi connectivity index (χ3v) is 4.55. The maximum absolute atomic E-state index is 13.3. The van der Waals surface area contributed by atoms with Gasteiger partial charge in [-0.1, -0.05) is 41.4 Å². The van der Waals surface area contributed by atoms with Gasteiger partial charge in [-0.05, 0) is 31.0 Å². The zero-order chi connectivity index (χ0) is 13.8. The molecule has 1 aromatic rings. The van der Waals surface area contributed by atoms with Crippen LogP contribution in [0.4, 0.5) is 4.39 Å². The molecule has 0 fully saturated rings. The Labute approximate surface area is 120 Å². The van der Waals surface area contributed by atoms with Gasteiger partial charge in [0.05, 0.1) is 5.02 Å². The van der Waals surface area contributed by atoms with E-state index in [0.717, 1.165) is 18.9 Å². The van der Waals surface area contributed by atoms with Crippen molar-refractivity contribution in [2.24, 2.45) is 0 Å². The van der Waals surface area contributed by atoms with Crippen molar-refractivity contribution in [1.82, 2.24) is 5.32 Å². The van der Waals surface area contributed by atoms with Gasteiger partial charge in [0, 0.05) is 16.4 Å². The summed E-state index contributed by atoms with van der Waals surface area (Å²) in [6.45, 7) is 4.01. The smallest absolute Gasteiger partial charge is 0.251 e. The fraction of sp³-hybridized carbons (Fsp3) is 0.462. The van der Waals surface area contributed by atoms with Gasteiger partial charge in [0.15, 0.2) is 0 Å². The fourth-order valence-corrected chi connectivity index (χ4v) is 2.65. The Hall–Kier alpha value is -0.610. The van der Waals surface area contributed by atoms with Crippen molar-refractivity contribution >= 4 is 33.4 Å². The quantitative estimate of drug-likeness (QED) is 0.804. The van der Waals surface area contributed by atoms with Crippen molar-refractivity contribution in [1.29, 1.82) is 0 Å². The maximum atomic E-state index is 13.3. The summed E-state index contributed by atoms with van der Waals surface area (Å²) < 4.78 is 13.3. The van der Waals surface area contributed by atoms with Crippen LogP contribution in [-0.2, 0) is 0 Å². The Balaban J connectivity index is 2.90. The highest BCUT2D eigenvalue weighted by Crippen LogP contribution is 2.20. The van der Waals surface area contributed by atoms with Crippen molar-refractivity contribution in [3.63, 3.8) is 0 Å². The molecule has 0 bridgehead atoms. The normalized spacial score (nSPS) is 11.4. The highest BCUT2D eigenvalue weighted by Gasteiger charge is 2.27. The first-order valence-electron chi connectivity index (χ1n) is 5.81. The van der Waals surface area contributed by atoms with E-state index in [0.29, 0.717) is 5.33 Å². The summed E-state index contributed by atoms with van der Waals surface area (Å²) in [5, 5.41) is 3.63. The van der Waals surface area contributed by atoms with E-state index in [4.69, 9.17) is 11.6 Å². The van der Waals surface area contributed by atoms with Gasteiger partial charge in [-0.15, -0.1) is 0 Å². The first kappa shape index (κ1) is 15.4. The topological polar surface area (TPSA) is 29.1 Å². The number of hydrogen-bond acceptors (Lipinski definition) is 1. The second kappa shape index (κ2) is 6.53. The lowest BCUT2D eigenvalue weighted by atomic mass is 9.95. The van der Waals surface area contributed by atoms with Crippen molar-refractivity contribution < 1.29 is 9.18 Å². The van der Waals surface area contributed by atoms with Gasteiger partial charge >= 0.3 is 0 Å². The number of benzene rings is 1. The predicted octanol–water partition coefficient (Wildman–Crippen LogP) is 4.16. The lowest BCUT2D eigenvalue weighted by molar-refractivity contribution is 0.0903. The summed E-state index contributed by atoms with van der Waals surface area (Å²) in [5.74, 6) is -0.865. The maximum Gasteiger partial charge on any atom is 0.251 e. The van der Waals surface area contributed by atoms with Gasteiger partial charge in [0.2, 0.25) is 0 Å². The zero-order valence-electron chi connectivity index (χ0n) is 10.4. The predicted molar refractivity (Wildman–Crippen MR) is 76.0 cm³/mol.